The van der Waals surface area contributed by atoms with E-state index in [0.29, 0.717) is 49.0 Å². The molecule has 3 aliphatic heterocycles. The molecule has 0 radical (unpaired) electrons. The van der Waals surface area contributed by atoms with E-state index in [9.17, 15) is 18.8 Å². The van der Waals surface area contributed by atoms with E-state index in [-0.39, 0.29) is 18.0 Å². The number of amides is 1. The van der Waals surface area contributed by atoms with Crippen molar-refractivity contribution in [3.8, 4) is 11.5 Å². The fourth-order valence-electron chi connectivity index (χ4n) is 4.77. The summed E-state index contributed by atoms with van der Waals surface area (Å²) in [5.41, 5.74) is 1.91. The minimum Gasteiger partial charge on any atom is -0.478 e. The molecular weight excluding hydrogens is 533 g/mol. The van der Waals surface area contributed by atoms with Crippen molar-refractivity contribution in [2.24, 2.45) is 0 Å². The number of carbonyl (C=O) groups is 3. The van der Waals surface area contributed by atoms with Crippen LogP contribution in [0.3, 0.4) is 0 Å². The van der Waals surface area contributed by atoms with Gasteiger partial charge in [-0.2, -0.15) is 0 Å². The number of fused-ring (bicyclic) bond motifs is 2. The molecule has 0 aliphatic carbocycles. The van der Waals surface area contributed by atoms with Gasteiger partial charge in [-0.1, -0.05) is 11.6 Å². The summed E-state index contributed by atoms with van der Waals surface area (Å²) in [6.07, 6.45) is 1.62. The van der Waals surface area contributed by atoms with Crippen molar-refractivity contribution in [2.45, 2.75) is 12.5 Å². The molecule has 3 heterocycles. The fraction of sp³-hybridized carbons (Fsp3) is 0.370. The van der Waals surface area contributed by atoms with Crippen LogP contribution in [-0.2, 0) is 20.7 Å². The number of carboxylic acids is 2. The zero-order valence-corrected chi connectivity index (χ0v) is 21.8. The zero-order chi connectivity index (χ0) is 27.9. The first kappa shape index (κ1) is 28.3. The van der Waals surface area contributed by atoms with Crippen LogP contribution in [0.5, 0.6) is 11.5 Å². The van der Waals surface area contributed by atoms with Crippen LogP contribution in [0.4, 0.5) is 9.18 Å². The molecule has 5 rings (SSSR count). The van der Waals surface area contributed by atoms with Gasteiger partial charge in [0.25, 0.3) is 0 Å². The summed E-state index contributed by atoms with van der Waals surface area (Å²) in [5.74, 6) is -1.30. The van der Waals surface area contributed by atoms with Gasteiger partial charge >= 0.3 is 18.0 Å². The lowest BCUT2D eigenvalue weighted by Crippen LogP contribution is -2.49. The lowest BCUT2D eigenvalue weighted by Gasteiger charge is -2.39. The van der Waals surface area contributed by atoms with E-state index in [1.807, 2.05) is 18.2 Å². The van der Waals surface area contributed by atoms with Gasteiger partial charge in [0.15, 0.2) is 0 Å². The highest BCUT2D eigenvalue weighted by molar-refractivity contribution is 6.30. The molecule has 10 nitrogen and oxygen atoms in total. The second-order valence-electron chi connectivity index (χ2n) is 9.25. The molecule has 0 bridgehead atoms. The maximum atomic E-state index is 14.2. The van der Waals surface area contributed by atoms with E-state index in [1.54, 1.807) is 17.0 Å². The molecular formula is C27H29ClFN3O7. The smallest absolute Gasteiger partial charge is 0.409 e. The van der Waals surface area contributed by atoms with Crippen molar-refractivity contribution in [3.63, 3.8) is 0 Å². The number of carboxylic acid groups (broad SMARTS) is 2. The lowest BCUT2D eigenvalue weighted by molar-refractivity contribution is -0.134. The van der Waals surface area contributed by atoms with Crippen molar-refractivity contribution >= 4 is 29.6 Å². The number of hydrogen-bond donors (Lipinski definition) is 2. The molecule has 1 unspecified atom stereocenters. The van der Waals surface area contributed by atoms with Crippen molar-refractivity contribution in [2.75, 3.05) is 52.4 Å². The summed E-state index contributed by atoms with van der Waals surface area (Å²) in [5, 5.41) is 16.3. The summed E-state index contributed by atoms with van der Waals surface area (Å²) in [6, 6.07) is 10.4. The molecule has 0 saturated carbocycles. The Bertz CT molecular complexity index is 1230. The number of cyclic esters (lactones) is 1. The molecule has 208 valence electrons. The van der Waals surface area contributed by atoms with Crippen LogP contribution in [0.2, 0.25) is 5.02 Å². The number of benzene rings is 2. The summed E-state index contributed by atoms with van der Waals surface area (Å²) >= 11 is 6.25. The predicted octanol–water partition coefficient (Wildman–Crippen LogP) is 3.65. The second-order valence-corrected chi connectivity index (χ2v) is 9.68. The third-order valence-electron chi connectivity index (χ3n) is 6.73. The molecule has 1 atom stereocenters. The summed E-state index contributed by atoms with van der Waals surface area (Å²) in [6.45, 7) is 6.20. The minimum absolute atomic E-state index is 0.0149. The largest absolute Gasteiger partial charge is 0.478 e. The molecule has 2 saturated heterocycles. The maximum Gasteiger partial charge on any atom is 0.409 e. The molecule has 2 fully saturated rings. The number of piperazine rings is 1. The van der Waals surface area contributed by atoms with Gasteiger partial charge in [0.05, 0.1) is 6.54 Å². The number of nitrogens with zero attached hydrogens (tertiary/aromatic N) is 3. The zero-order valence-electron chi connectivity index (χ0n) is 21.1. The molecule has 39 heavy (non-hydrogen) atoms. The average Bonchev–Trinajstić information content (AvgIpc) is 3.25. The van der Waals surface area contributed by atoms with E-state index in [2.05, 4.69) is 9.80 Å². The maximum absolute atomic E-state index is 14.2. The molecule has 2 N–H and O–H groups in total. The Morgan fingerprint density at radius 1 is 0.974 bits per heavy atom. The van der Waals surface area contributed by atoms with E-state index in [0.717, 1.165) is 49.6 Å². The molecule has 12 heteroatoms. The van der Waals surface area contributed by atoms with Crippen molar-refractivity contribution in [1.29, 1.82) is 0 Å². The van der Waals surface area contributed by atoms with E-state index in [1.165, 1.54) is 6.07 Å². The van der Waals surface area contributed by atoms with Crippen LogP contribution in [0.25, 0.3) is 0 Å². The van der Waals surface area contributed by atoms with Gasteiger partial charge in [0.1, 0.15) is 23.9 Å². The van der Waals surface area contributed by atoms with E-state index >= 15 is 0 Å². The van der Waals surface area contributed by atoms with Crippen LogP contribution in [0.1, 0.15) is 17.2 Å². The van der Waals surface area contributed by atoms with Crippen LogP contribution >= 0.6 is 11.6 Å². The number of carbonyl (C=O) groups excluding carboxylic acids is 1. The monoisotopic (exact) mass is 561 g/mol. The third-order valence-corrected chi connectivity index (χ3v) is 6.97. The molecule has 2 aromatic rings. The van der Waals surface area contributed by atoms with Gasteiger partial charge in [-0.3, -0.25) is 9.80 Å². The normalized spacial score (nSPS) is 19.3. The molecule has 1 amide bonds. The van der Waals surface area contributed by atoms with Crippen LogP contribution in [0, 0.1) is 5.82 Å². The SMILES string of the molecule is O=C(O)C=CC(=O)O.O=C1OCCN1CCN1CCN(C2Cc3cc(Cl)ccc3Oc3ccc(F)cc32)CC1. The quantitative estimate of drug-likeness (QED) is 0.509. The predicted molar refractivity (Wildman–Crippen MR) is 140 cm³/mol. The van der Waals surface area contributed by atoms with Crippen LogP contribution < -0.4 is 4.74 Å². The minimum atomic E-state index is -1.26. The Labute approximate surface area is 229 Å². The van der Waals surface area contributed by atoms with Crippen molar-refractivity contribution in [3.05, 3.63) is 70.5 Å². The Morgan fingerprint density at radius 2 is 1.67 bits per heavy atom. The van der Waals surface area contributed by atoms with Crippen molar-refractivity contribution < 1.29 is 38.5 Å². The topological polar surface area (TPSA) is 120 Å². The van der Waals surface area contributed by atoms with Crippen molar-refractivity contribution in [1.82, 2.24) is 14.7 Å². The standard InChI is InChI=1S/C23H25ClFN3O3.C4H4O4/c24-17-1-3-21-16(13-17)14-20(19-15-18(25)2-4-22(19)31-21)27-8-5-26(6-9-27)7-10-28-11-12-30-23(28)29;5-3(6)1-2-4(7)8/h1-4,13,15,20H,5-12,14H2;1-2H,(H,5,6)(H,7,8). The summed E-state index contributed by atoms with van der Waals surface area (Å²) in [4.78, 5) is 37.3. The number of aliphatic carboxylic acids is 2. The fourth-order valence-corrected chi connectivity index (χ4v) is 4.97. The van der Waals surface area contributed by atoms with Gasteiger partial charge in [-0.05, 0) is 48.4 Å². The molecule has 0 aromatic heterocycles. The summed E-state index contributed by atoms with van der Waals surface area (Å²) < 4.78 is 25.3. The molecule has 3 aliphatic rings. The first-order chi connectivity index (χ1) is 18.7. The Morgan fingerprint density at radius 3 is 2.31 bits per heavy atom. The number of halogens is 2. The average molecular weight is 562 g/mol. The molecule has 0 spiro atoms. The molecule has 2 aromatic carbocycles. The van der Waals surface area contributed by atoms with Gasteiger partial charge in [0.2, 0.25) is 0 Å². The second kappa shape index (κ2) is 12.9. The van der Waals surface area contributed by atoms with Gasteiger partial charge in [-0.25, -0.2) is 18.8 Å². The van der Waals surface area contributed by atoms with Gasteiger partial charge in [0, 0.05) is 68.0 Å². The third kappa shape index (κ3) is 7.69. The Balaban J connectivity index is 0.000000386. The van der Waals surface area contributed by atoms with Crippen LogP contribution in [-0.4, -0.2) is 95.4 Å². The number of rotatable bonds is 6. The highest BCUT2D eigenvalue weighted by Crippen LogP contribution is 2.42. The Hall–Kier alpha value is -3.67. The lowest BCUT2D eigenvalue weighted by atomic mass is 9.96. The first-order valence-electron chi connectivity index (χ1n) is 12.5. The highest BCUT2D eigenvalue weighted by Gasteiger charge is 2.31. The van der Waals surface area contributed by atoms with E-state index < -0.39 is 11.9 Å². The highest BCUT2D eigenvalue weighted by atomic mass is 35.5. The van der Waals surface area contributed by atoms with Gasteiger partial charge < -0.3 is 24.6 Å². The first-order valence-corrected chi connectivity index (χ1v) is 12.8. The number of ether oxygens (including phenoxy) is 2. The van der Waals surface area contributed by atoms with E-state index in [4.69, 9.17) is 31.3 Å². The van der Waals surface area contributed by atoms with Crippen LogP contribution in [0.15, 0.2) is 48.6 Å². The summed E-state index contributed by atoms with van der Waals surface area (Å²) in [7, 11) is 0. The van der Waals surface area contributed by atoms with Gasteiger partial charge in [-0.15, -0.1) is 0 Å². The number of hydrogen-bond acceptors (Lipinski definition) is 7. The Kier molecular flexibility index (Phi) is 9.39.